The molecule has 0 radical (unpaired) electrons. The Kier molecular flexibility index (Phi) is 2.50. The van der Waals surface area contributed by atoms with Crippen molar-refractivity contribution in [3.8, 4) is 11.3 Å². The Morgan fingerprint density at radius 2 is 1.87 bits per heavy atom. The maximum Gasteiger partial charge on any atom is 0.141 e. The lowest BCUT2D eigenvalue weighted by molar-refractivity contribution is 0.585. The highest BCUT2D eigenvalue weighted by Gasteiger charge is 2.06. The first-order valence-corrected chi connectivity index (χ1v) is 4.55. The van der Waals surface area contributed by atoms with Gasteiger partial charge < -0.3 is 0 Å². The normalized spacial score (nSPS) is 10.3. The lowest BCUT2D eigenvalue weighted by atomic mass is 9.98. The van der Waals surface area contributed by atoms with Gasteiger partial charge in [0.15, 0.2) is 0 Å². The molecule has 0 aliphatic rings. The largest absolute Gasteiger partial charge is 0.257 e. The van der Waals surface area contributed by atoms with Gasteiger partial charge in [-0.1, -0.05) is 11.5 Å². The molecule has 4 heteroatoms. The summed E-state index contributed by atoms with van der Waals surface area (Å²) in [6, 6.07) is 7.02. The molecular formula is C11H8BF2N. The van der Waals surface area contributed by atoms with Gasteiger partial charge in [-0.25, -0.2) is 8.78 Å². The van der Waals surface area contributed by atoms with Gasteiger partial charge in [0, 0.05) is 17.8 Å². The maximum atomic E-state index is 13.4. The molecule has 0 bridgehead atoms. The average Bonchev–Trinajstić information content (AvgIpc) is 2.20. The zero-order valence-corrected chi connectivity index (χ0v) is 8.17. The van der Waals surface area contributed by atoms with Gasteiger partial charge in [-0.3, -0.25) is 4.98 Å². The van der Waals surface area contributed by atoms with Gasteiger partial charge in [-0.15, -0.1) is 0 Å². The molecule has 15 heavy (non-hydrogen) atoms. The van der Waals surface area contributed by atoms with Crippen LogP contribution in [-0.4, -0.2) is 12.8 Å². The van der Waals surface area contributed by atoms with Crippen molar-refractivity contribution in [2.24, 2.45) is 0 Å². The second-order valence-corrected chi connectivity index (χ2v) is 3.34. The predicted octanol–water partition coefficient (Wildman–Crippen LogP) is 1.29. The lowest BCUT2D eigenvalue weighted by Gasteiger charge is -2.02. The van der Waals surface area contributed by atoms with Gasteiger partial charge in [0.05, 0.1) is 5.69 Å². The van der Waals surface area contributed by atoms with E-state index in [1.807, 2.05) is 13.9 Å². The Morgan fingerprint density at radius 1 is 1.07 bits per heavy atom. The highest BCUT2D eigenvalue weighted by molar-refractivity contribution is 6.32. The maximum absolute atomic E-state index is 13.4. The molecule has 0 amide bonds. The highest BCUT2D eigenvalue weighted by Crippen LogP contribution is 2.20. The third kappa shape index (κ3) is 2.04. The molecule has 1 nitrogen and oxygen atoms in total. The monoisotopic (exact) mass is 203 g/mol. The summed E-state index contributed by atoms with van der Waals surface area (Å²) < 4.78 is 26.0. The van der Waals surface area contributed by atoms with E-state index in [9.17, 15) is 8.78 Å². The third-order valence-corrected chi connectivity index (χ3v) is 2.12. The van der Waals surface area contributed by atoms with Gasteiger partial charge in [-0.05, 0) is 18.2 Å². The molecule has 2 aromatic rings. The summed E-state index contributed by atoms with van der Waals surface area (Å²) in [5.74, 6) is -1.17. The molecule has 1 aromatic heterocycles. The molecular weight excluding hydrogens is 195 g/mol. The van der Waals surface area contributed by atoms with Crippen molar-refractivity contribution in [1.29, 1.82) is 0 Å². The van der Waals surface area contributed by atoms with Crippen molar-refractivity contribution in [2.75, 3.05) is 0 Å². The highest BCUT2D eigenvalue weighted by atomic mass is 19.1. The van der Waals surface area contributed by atoms with Crippen LogP contribution in [0.4, 0.5) is 8.78 Å². The fourth-order valence-electron chi connectivity index (χ4n) is 1.32. The van der Waals surface area contributed by atoms with E-state index in [1.54, 1.807) is 12.3 Å². The number of nitrogens with zero attached hydrogens (tertiary/aromatic N) is 1. The van der Waals surface area contributed by atoms with Gasteiger partial charge in [-0.2, -0.15) is 0 Å². The Balaban J connectivity index is 2.49. The van der Waals surface area contributed by atoms with Gasteiger partial charge in [0.2, 0.25) is 0 Å². The van der Waals surface area contributed by atoms with E-state index in [-0.39, 0.29) is 0 Å². The summed E-state index contributed by atoms with van der Waals surface area (Å²) in [6.07, 6.45) is 1.65. The number of pyridine rings is 1. The van der Waals surface area contributed by atoms with E-state index >= 15 is 0 Å². The van der Waals surface area contributed by atoms with Crippen molar-refractivity contribution in [3.05, 3.63) is 48.2 Å². The van der Waals surface area contributed by atoms with E-state index in [0.29, 0.717) is 11.3 Å². The van der Waals surface area contributed by atoms with Crippen LogP contribution in [0.3, 0.4) is 0 Å². The lowest BCUT2D eigenvalue weighted by Crippen LogP contribution is -2.02. The Morgan fingerprint density at radius 3 is 2.47 bits per heavy atom. The summed E-state index contributed by atoms with van der Waals surface area (Å²) in [5, 5.41) is 0. The van der Waals surface area contributed by atoms with Crippen LogP contribution in [0.15, 0.2) is 36.5 Å². The molecule has 1 aromatic carbocycles. The zero-order chi connectivity index (χ0) is 10.8. The molecule has 0 saturated carbocycles. The van der Waals surface area contributed by atoms with Crippen LogP contribution in [0.1, 0.15) is 0 Å². The summed E-state index contributed by atoms with van der Waals surface area (Å²) >= 11 is 0. The van der Waals surface area contributed by atoms with Crippen molar-refractivity contribution < 1.29 is 8.78 Å². The number of halogens is 2. The zero-order valence-electron chi connectivity index (χ0n) is 8.17. The number of rotatable bonds is 1. The predicted molar refractivity (Wildman–Crippen MR) is 57.8 cm³/mol. The smallest absolute Gasteiger partial charge is 0.141 e. The molecule has 0 fully saturated rings. The molecule has 0 N–H and O–H groups in total. The molecule has 1 heterocycles. The third-order valence-electron chi connectivity index (χ3n) is 2.12. The summed E-state index contributed by atoms with van der Waals surface area (Å²) in [4.78, 5) is 4.08. The van der Waals surface area contributed by atoms with Crippen LogP contribution in [0, 0.1) is 11.6 Å². The topological polar surface area (TPSA) is 12.9 Å². The molecule has 0 unspecified atom stereocenters. The molecule has 0 saturated heterocycles. The summed E-state index contributed by atoms with van der Waals surface area (Å²) in [5.41, 5.74) is 1.83. The van der Waals surface area contributed by atoms with Crippen LogP contribution in [0.5, 0.6) is 0 Å². The SMILES string of the molecule is Bc1ccc(-c2ccc(F)cc2F)nc1. The van der Waals surface area contributed by atoms with Crippen molar-refractivity contribution in [2.45, 2.75) is 0 Å². The van der Waals surface area contributed by atoms with E-state index in [2.05, 4.69) is 4.98 Å². The fraction of sp³-hybridized carbons (Fsp3) is 0. The number of benzene rings is 1. The van der Waals surface area contributed by atoms with Crippen molar-refractivity contribution >= 4 is 13.3 Å². The number of hydrogen-bond acceptors (Lipinski definition) is 1. The molecule has 2 rings (SSSR count). The number of aromatic nitrogens is 1. The Labute approximate surface area is 87.2 Å². The minimum atomic E-state index is -0.591. The first-order valence-electron chi connectivity index (χ1n) is 4.55. The summed E-state index contributed by atoms with van der Waals surface area (Å²) in [7, 11) is 1.90. The molecule has 74 valence electrons. The van der Waals surface area contributed by atoms with Crippen LogP contribution in [0.2, 0.25) is 0 Å². The van der Waals surface area contributed by atoms with Crippen LogP contribution in [-0.2, 0) is 0 Å². The molecule has 0 spiro atoms. The van der Waals surface area contributed by atoms with Gasteiger partial charge >= 0.3 is 0 Å². The quantitative estimate of drug-likeness (QED) is 0.636. The summed E-state index contributed by atoms with van der Waals surface area (Å²) in [6.45, 7) is 0. The first kappa shape index (κ1) is 9.83. The fourth-order valence-corrected chi connectivity index (χ4v) is 1.32. The first-order chi connectivity index (χ1) is 7.16. The number of hydrogen-bond donors (Lipinski definition) is 0. The van der Waals surface area contributed by atoms with Crippen LogP contribution >= 0.6 is 0 Å². The average molecular weight is 203 g/mol. The van der Waals surface area contributed by atoms with E-state index in [4.69, 9.17) is 0 Å². The molecule has 0 atom stereocenters. The second kappa shape index (κ2) is 3.81. The van der Waals surface area contributed by atoms with Crippen molar-refractivity contribution in [1.82, 2.24) is 4.98 Å². The van der Waals surface area contributed by atoms with Crippen molar-refractivity contribution in [3.63, 3.8) is 0 Å². The Bertz CT molecular complexity index is 482. The van der Waals surface area contributed by atoms with E-state index < -0.39 is 11.6 Å². The van der Waals surface area contributed by atoms with Gasteiger partial charge in [0.1, 0.15) is 19.5 Å². The van der Waals surface area contributed by atoms with Gasteiger partial charge in [0.25, 0.3) is 0 Å². The molecule has 0 aliphatic carbocycles. The van der Waals surface area contributed by atoms with Crippen LogP contribution < -0.4 is 5.46 Å². The second-order valence-electron chi connectivity index (χ2n) is 3.34. The minimum Gasteiger partial charge on any atom is -0.257 e. The Hall–Kier alpha value is -1.71. The standard InChI is InChI=1S/C11H8BF2N/c12-7-1-4-11(15-6-7)9-3-2-8(13)5-10(9)14/h1-6H,12H2. The van der Waals surface area contributed by atoms with E-state index in [1.165, 1.54) is 12.1 Å². The van der Waals surface area contributed by atoms with E-state index in [0.717, 1.165) is 11.5 Å². The van der Waals surface area contributed by atoms with Crippen LogP contribution in [0.25, 0.3) is 11.3 Å². The minimum absolute atomic E-state index is 0.316. The molecule has 0 aliphatic heterocycles.